The van der Waals surface area contributed by atoms with E-state index in [4.69, 9.17) is 4.74 Å². The lowest BCUT2D eigenvalue weighted by Crippen LogP contribution is -2.69. The molecule has 0 unspecified atom stereocenters. The first-order valence-corrected chi connectivity index (χ1v) is 10.3. The van der Waals surface area contributed by atoms with Gasteiger partial charge in [-0.1, -0.05) is 25.1 Å². The van der Waals surface area contributed by atoms with Crippen LogP contribution in [0.15, 0.2) is 48.8 Å². The van der Waals surface area contributed by atoms with E-state index >= 15 is 0 Å². The molecule has 1 aliphatic heterocycles. The highest BCUT2D eigenvalue weighted by Crippen LogP contribution is 2.58. The maximum absolute atomic E-state index is 13.0. The van der Waals surface area contributed by atoms with Crippen molar-refractivity contribution in [2.45, 2.75) is 44.9 Å². The number of hydrogen-bond donors (Lipinski definition) is 2. The van der Waals surface area contributed by atoms with Crippen LogP contribution in [0.1, 0.15) is 48.5 Å². The molecule has 150 valence electrons. The van der Waals surface area contributed by atoms with Crippen LogP contribution in [0.3, 0.4) is 0 Å². The van der Waals surface area contributed by atoms with Crippen LogP contribution in [0.25, 0.3) is 0 Å². The molecule has 2 N–H and O–H groups in total. The van der Waals surface area contributed by atoms with E-state index in [-0.39, 0.29) is 29.1 Å². The molecule has 0 saturated heterocycles. The van der Waals surface area contributed by atoms with Gasteiger partial charge in [-0.25, -0.2) is 0 Å². The first-order chi connectivity index (χ1) is 14.0. The Morgan fingerprint density at radius 1 is 1.31 bits per heavy atom. The summed E-state index contributed by atoms with van der Waals surface area (Å²) in [6, 6.07) is 11.2. The van der Waals surface area contributed by atoms with Crippen LogP contribution in [0.2, 0.25) is 0 Å². The zero-order valence-corrected chi connectivity index (χ0v) is 16.5. The molecule has 1 spiro atoms. The standard InChI is InChI=1S/C23H25N3O3/c1-22-9-8-16(11-18(22)21(28)25-13-15-5-4-10-24-12-15)23(14-22)26-20(27)17-6-2-3-7-19(17)29-23/h2-7,10,12,16,18H,8-9,11,13-14H2,1H3,(H,25,28)(H,26,27)/t16-,18+,22-,23-/m0/s1. The van der Waals surface area contributed by atoms with Crippen LogP contribution < -0.4 is 15.4 Å². The number of carbonyl (C=O) groups is 2. The Balaban J connectivity index is 1.35. The number of para-hydroxylation sites is 1. The van der Waals surface area contributed by atoms with Crippen molar-refractivity contribution in [1.82, 2.24) is 15.6 Å². The fraction of sp³-hybridized carbons (Fsp3) is 0.435. The first-order valence-electron chi connectivity index (χ1n) is 10.3. The van der Waals surface area contributed by atoms with Gasteiger partial charge < -0.3 is 15.4 Å². The highest BCUT2D eigenvalue weighted by Gasteiger charge is 2.61. The molecule has 2 amide bonds. The summed E-state index contributed by atoms with van der Waals surface area (Å²) in [5.74, 6) is 0.681. The monoisotopic (exact) mass is 391 g/mol. The first kappa shape index (κ1) is 18.2. The van der Waals surface area contributed by atoms with Gasteiger partial charge in [-0.2, -0.15) is 0 Å². The lowest BCUT2D eigenvalue weighted by molar-refractivity contribution is -0.167. The third kappa shape index (κ3) is 2.98. The van der Waals surface area contributed by atoms with Crippen molar-refractivity contribution in [2.75, 3.05) is 0 Å². The number of amides is 2. The van der Waals surface area contributed by atoms with Crippen molar-refractivity contribution in [3.05, 3.63) is 59.9 Å². The molecule has 0 radical (unpaired) electrons. The lowest BCUT2D eigenvalue weighted by Gasteiger charge is -2.59. The van der Waals surface area contributed by atoms with Crippen molar-refractivity contribution >= 4 is 11.8 Å². The minimum atomic E-state index is -0.710. The summed E-state index contributed by atoms with van der Waals surface area (Å²) in [4.78, 5) is 29.9. The second-order valence-corrected chi connectivity index (χ2v) is 8.88. The Morgan fingerprint density at radius 2 is 2.17 bits per heavy atom. The topological polar surface area (TPSA) is 80.3 Å². The summed E-state index contributed by atoms with van der Waals surface area (Å²) in [7, 11) is 0. The van der Waals surface area contributed by atoms with E-state index in [0.717, 1.165) is 24.8 Å². The van der Waals surface area contributed by atoms with E-state index in [0.29, 0.717) is 24.3 Å². The minimum absolute atomic E-state index is 0.0819. The molecule has 3 saturated carbocycles. The van der Waals surface area contributed by atoms with Gasteiger partial charge in [0.05, 0.1) is 5.56 Å². The lowest BCUT2D eigenvalue weighted by atomic mass is 9.52. The number of nitrogens with one attached hydrogen (secondary N) is 2. The maximum atomic E-state index is 13.0. The average molecular weight is 391 g/mol. The van der Waals surface area contributed by atoms with E-state index < -0.39 is 5.72 Å². The number of aromatic nitrogens is 1. The molecular weight excluding hydrogens is 366 g/mol. The molecule has 6 heteroatoms. The minimum Gasteiger partial charge on any atom is -0.467 e. The van der Waals surface area contributed by atoms with Gasteiger partial charge in [-0.05, 0) is 48.4 Å². The van der Waals surface area contributed by atoms with Gasteiger partial charge in [-0.3, -0.25) is 14.6 Å². The molecule has 2 bridgehead atoms. The fourth-order valence-corrected chi connectivity index (χ4v) is 5.47. The normalized spacial score (nSPS) is 32.2. The Kier molecular flexibility index (Phi) is 4.12. The Labute approximate surface area is 170 Å². The molecule has 6 nitrogen and oxygen atoms in total. The highest BCUT2D eigenvalue weighted by molar-refractivity contribution is 5.98. The summed E-state index contributed by atoms with van der Waals surface area (Å²) in [6.07, 6.45) is 6.78. The second kappa shape index (κ2) is 6.58. The fourth-order valence-electron chi connectivity index (χ4n) is 5.47. The van der Waals surface area contributed by atoms with Crippen molar-refractivity contribution < 1.29 is 14.3 Å². The van der Waals surface area contributed by atoms with Crippen LogP contribution in [0, 0.1) is 17.3 Å². The zero-order valence-electron chi connectivity index (χ0n) is 16.5. The molecule has 1 aromatic carbocycles. The van der Waals surface area contributed by atoms with Crippen LogP contribution >= 0.6 is 0 Å². The van der Waals surface area contributed by atoms with Crippen LogP contribution in [-0.2, 0) is 11.3 Å². The van der Waals surface area contributed by atoms with Gasteiger partial charge in [0.2, 0.25) is 5.91 Å². The molecule has 1 aromatic heterocycles. The highest BCUT2D eigenvalue weighted by atomic mass is 16.5. The van der Waals surface area contributed by atoms with Gasteiger partial charge in [0.15, 0.2) is 5.72 Å². The summed E-state index contributed by atoms with van der Waals surface area (Å²) >= 11 is 0. The Bertz CT molecular complexity index is 963. The molecule has 29 heavy (non-hydrogen) atoms. The summed E-state index contributed by atoms with van der Waals surface area (Å²) in [5, 5.41) is 6.25. The van der Waals surface area contributed by atoms with Crippen LogP contribution in [0.4, 0.5) is 0 Å². The summed E-state index contributed by atoms with van der Waals surface area (Å²) in [5.41, 5.74) is 0.643. The quantitative estimate of drug-likeness (QED) is 0.843. The number of nitrogens with zero attached hydrogens (tertiary/aromatic N) is 1. The molecule has 2 aromatic rings. The van der Waals surface area contributed by atoms with E-state index in [2.05, 4.69) is 22.5 Å². The predicted octanol–water partition coefficient (Wildman–Crippen LogP) is 3.04. The van der Waals surface area contributed by atoms with E-state index in [9.17, 15) is 9.59 Å². The number of hydrogen-bond acceptors (Lipinski definition) is 4. The molecule has 3 fully saturated rings. The van der Waals surface area contributed by atoms with Crippen molar-refractivity contribution in [1.29, 1.82) is 0 Å². The number of benzene rings is 1. The smallest absolute Gasteiger partial charge is 0.258 e. The molecule has 6 rings (SSSR count). The van der Waals surface area contributed by atoms with E-state index in [1.165, 1.54) is 0 Å². The number of rotatable bonds is 3. The number of carbonyl (C=O) groups excluding carboxylic acids is 2. The molecule has 4 atom stereocenters. The van der Waals surface area contributed by atoms with Crippen LogP contribution in [0.5, 0.6) is 5.75 Å². The maximum Gasteiger partial charge on any atom is 0.258 e. The molecule has 2 heterocycles. The Morgan fingerprint density at radius 3 is 2.97 bits per heavy atom. The average Bonchev–Trinajstić information content (AvgIpc) is 2.72. The van der Waals surface area contributed by atoms with Gasteiger partial charge in [0.1, 0.15) is 5.75 Å². The number of fused-ring (bicyclic) bond motifs is 3. The van der Waals surface area contributed by atoms with Gasteiger partial charge in [0.25, 0.3) is 5.91 Å². The van der Waals surface area contributed by atoms with Crippen molar-refractivity contribution in [3.63, 3.8) is 0 Å². The molecule has 3 aliphatic carbocycles. The third-order valence-corrected chi connectivity index (χ3v) is 7.01. The Hall–Kier alpha value is -2.89. The SMILES string of the molecule is C[C@@]12CC[C@@H](C[C@@H]1C(=O)NCc1cccnc1)[C@@]1(C2)NC(=O)c2ccccc2O1. The third-order valence-electron chi connectivity index (χ3n) is 7.01. The largest absolute Gasteiger partial charge is 0.467 e. The molecular formula is C23H25N3O3. The van der Waals surface area contributed by atoms with Gasteiger partial charge in [-0.15, -0.1) is 0 Å². The molecule has 4 aliphatic rings. The number of pyridine rings is 1. The number of ether oxygens (including phenoxy) is 1. The summed E-state index contributed by atoms with van der Waals surface area (Å²) in [6.45, 7) is 2.64. The predicted molar refractivity (Wildman–Crippen MR) is 107 cm³/mol. The van der Waals surface area contributed by atoms with Gasteiger partial charge >= 0.3 is 0 Å². The van der Waals surface area contributed by atoms with Crippen LogP contribution in [-0.4, -0.2) is 22.5 Å². The van der Waals surface area contributed by atoms with E-state index in [1.807, 2.05) is 30.3 Å². The summed E-state index contributed by atoms with van der Waals surface area (Å²) < 4.78 is 6.42. The van der Waals surface area contributed by atoms with Crippen molar-refractivity contribution in [3.8, 4) is 5.75 Å². The van der Waals surface area contributed by atoms with Crippen molar-refractivity contribution in [2.24, 2.45) is 17.3 Å². The van der Waals surface area contributed by atoms with Gasteiger partial charge in [0, 0.05) is 37.2 Å². The van der Waals surface area contributed by atoms with E-state index in [1.54, 1.807) is 18.5 Å². The second-order valence-electron chi connectivity index (χ2n) is 8.88. The zero-order chi connectivity index (χ0) is 20.1.